The first-order valence-corrected chi connectivity index (χ1v) is 8.26. The lowest BCUT2D eigenvalue weighted by atomic mass is 10.1. The number of nitrogen functional groups attached to an aromatic ring is 1. The number of nitrogens with two attached hydrogens (primary N) is 1. The number of hydrogen-bond donors (Lipinski definition) is 1. The molecule has 7 heteroatoms. The van der Waals surface area contributed by atoms with Crippen LogP contribution in [0, 0.1) is 5.92 Å². The van der Waals surface area contributed by atoms with Crippen LogP contribution in [0.25, 0.3) is 0 Å². The van der Waals surface area contributed by atoms with Crippen molar-refractivity contribution in [3.8, 4) is 0 Å². The van der Waals surface area contributed by atoms with Crippen molar-refractivity contribution in [3.63, 3.8) is 0 Å². The van der Waals surface area contributed by atoms with E-state index in [-0.39, 0.29) is 29.3 Å². The Morgan fingerprint density at radius 3 is 2.37 bits per heavy atom. The second-order valence-corrected chi connectivity index (χ2v) is 7.62. The van der Waals surface area contributed by atoms with E-state index in [0.29, 0.717) is 12.3 Å². The average molecular weight is 289 g/mol. The van der Waals surface area contributed by atoms with Crippen LogP contribution in [0.3, 0.4) is 0 Å². The van der Waals surface area contributed by atoms with Crippen LogP contribution in [0.5, 0.6) is 0 Å². The molecule has 110 valence electrons. The van der Waals surface area contributed by atoms with Crippen LogP contribution < -0.4 is 11.3 Å². The quantitative estimate of drug-likeness (QED) is 0.821. The number of nitrogens with zero attached hydrogens (tertiary/aromatic N) is 2. The summed E-state index contributed by atoms with van der Waals surface area (Å²) in [5.41, 5.74) is 6.52. The Labute approximate surface area is 114 Å². The molecule has 6 nitrogen and oxygen atoms in total. The number of sulfone groups is 1. The molecule has 0 aliphatic rings. The Balaban J connectivity index is 3.07. The highest BCUT2D eigenvalue weighted by molar-refractivity contribution is 7.91. The van der Waals surface area contributed by atoms with Crippen LogP contribution in [0.4, 0.5) is 5.69 Å². The molecule has 0 saturated heterocycles. The van der Waals surface area contributed by atoms with Gasteiger partial charge in [-0.3, -0.25) is 9.48 Å². The van der Waals surface area contributed by atoms with Gasteiger partial charge < -0.3 is 5.73 Å². The first-order valence-electron chi connectivity index (χ1n) is 6.44. The molecular weight excluding hydrogens is 266 g/mol. The minimum atomic E-state index is -3.09. The fourth-order valence-corrected chi connectivity index (χ4v) is 2.71. The molecule has 0 fully saturated rings. The third kappa shape index (κ3) is 3.62. The van der Waals surface area contributed by atoms with E-state index in [0.717, 1.165) is 5.69 Å². The summed E-state index contributed by atoms with van der Waals surface area (Å²) in [4.78, 5) is 12.0. The lowest BCUT2D eigenvalue weighted by Gasteiger charge is -2.11. The fourth-order valence-electron chi connectivity index (χ4n) is 1.97. The predicted octanol–water partition coefficient (Wildman–Crippen LogP) is 0.402. The molecule has 1 aromatic heterocycles. The molecule has 0 saturated carbocycles. The number of anilines is 1. The summed E-state index contributed by atoms with van der Waals surface area (Å²) >= 11 is 0. The fraction of sp³-hybridized carbons (Fsp3) is 0.750. The summed E-state index contributed by atoms with van der Waals surface area (Å²) in [6.45, 7) is 5.83. The first kappa shape index (κ1) is 15.8. The van der Waals surface area contributed by atoms with Crippen LogP contribution in [0.15, 0.2) is 4.79 Å². The SMILES string of the molecule is CCS(=O)(=O)CCn1c(=O)c(N)c(CC(C)C)n1C. The summed E-state index contributed by atoms with van der Waals surface area (Å²) < 4.78 is 26.1. The largest absolute Gasteiger partial charge is 0.393 e. The molecular formula is C12H23N3O3S. The predicted molar refractivity (Wildman–Crippen MR) is 77.0 cm³/mol. The highest BCUT2D eigenvalue weighted by atomic mass is 32.2. The van der Waals surface area contributed by atoms with Crippen molar-refractivity contribution in [2.75, 3.05) is 17.2 Å². The molecule has 0 aliphatic heterocycles. The van der Waals surface area contributed by atoms with E-state index in [9.17, 15) is 13.2 Å². The smallest absolute Gasteiger partial charge is 0.290 e. The standard InChI is InChI=1S/C12H23N3O3S/c1-5-19(17,18)7-6-15-12(16)11(13)10(14(15)4)8-9(2)3/h9H,5-8,13H2,1-4H3. The Bertz CT molecular complexity index is 596. The highest BCUT2D eigenvalue weighted by Crippen LogP contribution is 2.13. The topological polar surface area (TPSA) is 87.1 Å². The van der Waals surface area contributed by atoms with Gasteiger partial charge in [0.1, 0.15) is 5.69 Å². The Morgan fingerprint density at radius 1 is 1.32 bits per heavy atom. The lowest BCUT2D eigenvalue weighted by Crippen LogP contribution is -2.27. The van der Waals surface area contributed by atoms with Gasteiger partial charge in [0.05, 0.1) is 18.0 Å². The second kappa shape index (κ2) is 5.81. The van der Waals surface area contributed by atoms with Crippen molar-refractivity contribution in [2.45, 2.75) is 33.7 Å². The minimum Gasteiger partial charge on any atom is -0.393 e. The van der Waals surface area contributed by atoms with Crippen LogP contribution in [0.2, 0.25) is 0 Å². The molecule has 1 rings (SSSR count). The summed E-state index contributed by atoms with van der Waals surface area (Å²) in [5, 5.41) is 0. The van der Waals surface area contributed by atoms with Crippen molar-refractivity contribution >= 4 is 15.5 Å². The molecule has 19 heavy (non-hydrogen) atoms. The zero-order valence-corrected chi connectivity index (χ0v) is 12.8. The zero-order valence-electron chi connectivity index (χ0n) is 12.0. The van der Waals surface area contributed by atoms with Crippen molar-refractivity contribution in [1.29, 1.82) is 0 Å². The normalized spacial score (nSPS) is 12.3. The van der Waals surface area contributed by atoms with Crippen LogP contribution in [-0.2, 0) is 29.9 Å². The summed E-state index contributed by atoms with van der Waals surface area (Å²) in [6, 6.07) is 0. The summed E-state index contributed by atoms with van der Waals surface area (Å²) in [5.74, 6) is 0.422. The highest BCUT2D eigenvalue weighted by Gasteiger charge is 2.17. The maximum atomic E-state index is 12.0. The van der Waals surface area contributed by atoms with Gasteiger partial charge in [0.25, 0.3) is 5.56 Å². The van der Waals surface area contributed by atoms with Gasteiger partial charge in [-0.15, -0.1) is 0 Å². The van der Waals surface area contributed by atoms with Gasteiger partial charge in [0.2, 0.25) is 0 Å². The number of aromatic nitrogens is 2. The number of hydrogen-bond acceptors (Lipinski definition) is 4. The van der Waals surface area contributed by atoms with Gasteiger partial charge in [-0.2, -0.15) is 0 Å². The summed E-state index contributed by atoms with van der Waals surface area (Å²) in [7, 11) is -1.35. The van der Waals surface area contributed by atoms with Gasteiger partial charge in [-0.05, 0) is 12.3 Å². The second-order valence-electron chi connectivity index (χ2n) is 5.15. The van der Waals surface area contributed by atoms with E-state index < -0.39 is 9.84 Å². The van der Waals surface area contributed by atoms with Gasteiger partial charge in [0, 0.05) is 12.8 Å². The zero-order chi connectivity index (χ0) is 14.8. The average Bonchev–Trinajstić information content (AvgIpc) is 2.51. The third-order valence-corrected chi connectivity index (χ3v) is 4.87. The molecule has 1 aromatic rings. The Morgan fingerprint density at radius 2 is 1.89 bits per heavy atom. The van der Waals surface area contributed by atoms with E-state index in [1.54, 1.807) is 18.7 Å². The first-order chi connectivity index (χ1) is 8.69. The molecule has 2 N–H and O–H groups in total. The van der Waals surface area contributed by atoms with Crippen LogP contribution in [0.1, 0.15) is 26.5 Å². The van der Waals surface area contributed by atoms with Gasteiger partial charge >= 0.3 is 0 Å². The Hall–Kier alpha value is -1.24. The maximum absolute atomic E-state index is 12.0. The van der Waals surface area contributed by atoms with E-state index in [1.165, 1.54) is 4.68 Å². The lowest BCUT2D eigenvalue weighted by molar-refractivity contribution is 0.485. The molecule has 0 bridgehead atoms. The van der Waals surface area contributed by atoms with E-state index in [2.05, 4.69) is 0 Å². The monoisotopic (exact) mass is 289 g/mol. The van der Waals surface area contributed by atoms with E-state index >= 15 is 0 Å². The molecule has 0 amide bonds. The molecule has 0 spiro atoms. The van der Waals surface area contributed by atoms with Gasteiger partial charge in [0.15, 0.2) is 9.84 Å². The van der Waals surface area contributed by atoms with Crippen molar-refractivity contribution in [3.05, 3.63) is 16.0 Å². The van der Waals surface area contributed by atoms with Gasteiger partial charge in [-0.25, -0.2) is 13.1 Å². The molecule has 0 atom stereocenters. The van der Waals surface area contributed by atoms with Crippen molar-refractivity contribution in [1.82, 2.24) is 9.36 Å². The molecule has 0 unspecified atom stereocenters. The van der Waals surface area contributed by atoms with Gasteiger partial charge in [-0.1, -0.05) is 20.8 Å². The van der Waals surface area contributed by atoms with Crippen molar-refractivity contribution < 1.29 is 8.42 Å². The summed E-state index contributed by atoms with van der Waals surface area (Å²) in [6.07, 6.45) is 0.700. The van der Waals surface area contributed by atoms with E-state index in [4.69, 9.17) is 5.73 Å². The molecule has 0 radical (unpaired) electrons. The minimum absolute atomic E-state index is 0.0399. The molecule has 0 aromatic carbocycles. The molecule has 1 heterocycles. The van der Waals surface area contributed by atoms with Crippen LogP contribution in [-0.4, -0.2) is 29.3 Å². The number of rotatable bonds is 6. The third-order valence-electron chi connectivity index (χ3n) is 3.18. The maximum Gasteiger partial charge on any atom is 0.290 e. The molecule has 0 aliphatic carbocycles. The van der Waals surface area contributed by atoms with Crippen molar-refractivity contribution in [2.24, 2.45) is 13.0 Å². The Kier molecular flexibility index (Phi) is 4.84. The van der Waals surface area contributed by atoms with E-state index in [1.807, 2.05) is 13.8 Å². The van der Waals surface area contributed by atoms with Crippen LogP contribution >= 0.6 is 0 Å².